The molecule has 1 aliphatic heterocycles. The molecule has 0 radical (unpaired) electrons. The van der Waals surface area contributed by atoms with Gasteiger partial charge >= 0.3 is 0 Å². The number of nitrogens with zero attached hydrogens (tertiary/aromatic N) is 3. The van der Waals surface area contributed by atoms with Gasteiger partial charge in [-0.25, -0.2) is 4.68 Å². The Labute approximate surface area is 167 Å². The second kappa shape index (κ2) is 6.77. The number of aromatic nitrogens is 2. The molecule has 1 aliphatic carbocycles. The standard InChI is InChI=1S/C22H20N4O3/c23-21(27)20-13-25(17-8-4-5-9-19(17)29-20)22(28)18-12-16(14-10-11-14)24-26(18)15-6-2-1-3-7-15/h1-9,12,14,20H,10-11,13H2,(H2,23,27)/t20-/m1/s1. The van der Waals surface area contributed by atoms with Crippen LogP contribution in [0, 0.1) is 0 Å². The van der Waals surface area contributed by atoms with E-state index >= 15 is 0 Å². The summed E-state index contributed by atoms with van der Waals surface area (Å²) >= 11 is 0. The summed E-state index contributed by atoms with van der Waals surface area (Å²) in [6.45, 7) is 0.0594. The van der Waals surface area contributed by atoms with Crippen molar-refractivity contribution in [1.82, 2.24) is 9.78 Å². The van der Waals surface area contributed by atoms with E-state index in [0.29, 0.717) is 23.0 Å². The van der Waals surface area contributed by atoms with Gasteiger partial charge in [-0.2, -0.15) is 5.10 Å². The van der Waals surface area contributed by atoms with Crippen LogP contribution in [0.15, 0.2) is 60.7 Å². The van der Waals surface area contributed by atoms with Gasteiger partial charge in [0.15, 0.2) is 6.10 Å². The Morgan fingerprint density at radius 1 is 1.03 bits per heavy atom. The number of nitrogens with two attached hydrogens (primary N) is 1. The van der Waals surface area contributed by atoms with Gasteiger partial charge in [0, 0.05) is 5.92 Å². The Bertz CT molecular complexity index is 1090. The normalized spacial score (nSPS) is 18.1. The van der Waals surface area contributed by atoms with Crippen molar-refractivity contribution in [3.05, 3.63) is 72.1 Å². The van der Waals surface area contributed by atoms with Gasteiger partial charge in [-0.3, -0.25) is 14.5 Å². The third kappa shape index (κ3) is 3.14. The number of carbonyl (C=O) groups is 2. The molecule has 1 fully saturated rings. The Morgan fingerprint density at radius 2 is 1.76 bits per heavy atom. The van der Waals surface area contributed by atoms with E-state index in [2.05, 4.69) is 0 Å². The molecule has 2 amide bonds. The number of amides is 2. The van der Waals surface area contributed by atoms with E-state index in [0.717, 1.165) is 24.2 Å². The molecule has 1 atom stereocenters. The van der Waals surface area contributed by atoms with Crippen LogP contribution >= 0.6 is 0 Å². The molecule has 2 heterocycles. The number of carbonyl (C=O) groups excluding carboxylic acids is 2. The summed E-state index contributed by atoms with van der Waals surface area (Å²) in [7, 11) is 0. The van der Waals surface area contributed by atoms with E-state index in [1.165, 1.54) is 0 Å². The number of hydrogen-bond acceptors (Lipinski definition) is 4. The van der Waals surface area contributed by atoms with Crippen LogP contribution in [0.4, 0.5) is 5.69 Å². The van der Waals surface area contributed by atoms with Crippen molar-refractivity contribution >= 4 is 17.5 Å². The molecule has 1 aromatic heterocycles. The zero-order chi connectivity index (χ0) is 20.0. The monoisotopic (exact) mass is 388 g/mol. The van der Waals surface area contributed by atoms with Crippen LogP contribution in [-0.4, -0.2) is 34.2 Å². The van der Waals surface area contributed by atoms with E-state index in [1.807, 2.05) is 42.5 Å². The molecule has 3 aromatic rings. The first-order valence-electron chi connectivity index (χ1n) is 9.64. The molecule has 2 aromatic carbocycles. The fourth-order valence-corrected chi connectivity index (χ4v) is 3.61. The molecule has 2 N–H and O–H groups in total. The Balaban J connectivity index is 1.59. The number of ether oxygens (including phenoxy) is 1. The fourth-order valence-electron chi connectivity index (χ4n) is 3.61. The largest absolute Gasteiger partial charge is 0.477 e. The topological polar surface area (TPSA) is 90.5 Å². The molecule has 2 aliphatic rings. The van der Waals surface area contributed by atoms with Gasteiger partial charge < -0.3 is 10.5 Å². The predicted octanol–water partition coefficient (Wildman–Crippen LogP) is 2.64. The van der Waals surface area contributed by atoms with Crippen LogP contribution in [-0.2, 0) is 4.79 Å². The lowest BCUT2D eigenvalue weighted by Gasteiger charge is -2.33. The lowest BCUT2D eigenvalue weighted by atomic mass is 10.1. The molecule has 5 rings (SSSR count). The molecular weight excluding hydrogens is 368 g/mol. The van der Waals surface area contributed by atoms with Gasteiger partial charge in [0.2, 0.25) is 0 Å². The quantitative estimate of drug-likeness (QED) is 0.744. The van der Waals surface area contributed by atoms with E-state index in [1.54, 1.807) is 27.8 Å². The van der Waals surface area contributed by atoms with Crippen LogP contribution in [0.3, 0.4) is 0 Å². The van der Waals surface area contributed by atoms with Crippen molar-refractivity contribution in [2.75, 3.05) is 11.4 Å². The zero-order valence-electron chi connectivity index (χ0n) is 15.7. The summed E-state index contributed by atoms with van der Waals surface area (Å²) in [6, 6.07) is 18.6. The first kappa shape index (κ1) is 17.5. The molecule has 7 heteroatoms. The van der Waals surface area contributed by atoms with Crippen LogP contribution < -0.4 is 15.4 Å². The number of primary amides is 1. The van der Waals surface area contributed by atoms with Crippen molar-refractivity contribution in [2.45, 2.75) is 24.9 Å². The molecule has 29 heavy (non-hydrogen) atoms. The van der Waals surface area contributed by atoms with Crippen LogP contribution in [0.2, 0.25) is 0 Å². The first-order chi connectivity index (χ1) is 14.1. The minimum atomic E-state index is -0.898. The summed E-state index contributed by atoms with van der Waals surface area (Å²) in [4.78, 5) is 27.0. The lowest BCUT2D eigenvalue weighted by molar-refractivity contribution is -0.124. The van der Waals surface area contributed by atoms with E-state index in [9.17, 15) is 9.59 Å². The van der Waals surface area contributed by atoms with Crippen molar-refractivity contribution in [3.8, 4) is 11.4 Å². The van der Waals surface area contributed by atoms with E-state index in [-0.39, 0.29) is 12.5 Å². The van der Waals surface area contributed by atoms with Gasteiger partial charge in [-0.1, -0.05) is 30.3 Å². The third-order valence-corrected chi connectivity index (χ3v) is 5.28. The van der Waals surface area contributed by atoms with E-state index < -0.39 is 12.0 Å². The van der Waals surface area contributed by atoms with Crippen molar-refractivity contribution < 1.29 is 14.3 Å². The molecule has 146 valence electrons. The number of rotatable bonds is 4. The molecule has 0 spiro atoms. The summed E-state index contributed by atoms with van der Waals surface area (Å²) in [5, 5.41) is 4.71. The lowest BCUT2D eigenvalue weighted by Crippen LogP contribution is -2.49. The molecule has 0 saturated heterocycles. The highest BCUT2D eigenvalue weighted by Gasteiger charge is 2.36. The van der Waals surface area contributed by atoms with Crippen molar-refractivity contribution in [2.24, 2.45) is 5.73 Å². The molecule has 0 unspecified atom stereocenters. The molecule has 1 saturated carbocycles. The predicted molar refractivity (Wildman–Crippen MR) is 107 cm³/mol. The van der Waals surface area contributed by atoms with Crippen molar-refractivity contribution in [1.29, 1.82) is 0 Å². The van der Waals surface area contributed by atoms with Crippen LogP contribution in [0.5, 0.6) is 5.75 Å². The minimum Gasteiger partial charge on any atom is -0.477 e. The highest BCUT2D eigenvalue weighted by Crippen LogP contribution is 2.40. The average molecular weight is 388 g/mol. The van der Waals surface area contributed by atoms with Gasteiger partial charge in [0.25, 0.3) is 11.8 Å². The first-order valence-corrected chi connectivity index (χ1v) is 9.64. The number of fused-ring (bicyclic) bond motifs is 1. The minimum absolute atomic E-state index is 0.0594. The maximum atomic E-state index is 13.6. The maximum Gasteiger partial charge on any atom is 0.277 e. The number of para-hydroxylation sites is 3. The summed E-state index contributed by atoms with van der Waals surface area (Å²) in [6.07, 6.45) is 1.28. The van der Waals surface area contributed by atoms with Crippen LogP contribution in [0.1, 0.15) is 34.9 Å². The highest BCUT2D eigenvalue weighted by atomic mass is 16.5. The molecule has 0 bridgehead atoms. The molecular formula is C22H20N4O3. The fraction of sp³-hybridized carbons (Fsp3) is 0.227. The smallest absolute Gasteiger partial charge is 0.277 e. The van der Waals surface area contributed by atoms with Crippen LogP contribution in [0.25, 0.3) is 5.69 Å². The maximum absolute atomic E-state index is 13.6. The van der Waals surface area contributed by atoms with Crippen molar-refractivity contribution in [3.63, 3.8) is 0 Å². The second-order valence-corrected chi connectivity index (χ2v) is 7.37. The molecule has 7 nitrogen and oxygen atoms in total. The Hall–Kier alpha value is -3.61. The Kier molecular flexibility index (Phi) is 4.08. The van der Waals surface area contributed by atoms with Gasteiger partial charge in [-0.05, 0) is 43.2 Å². The summed E-state index contributed by atoms with van der Waals surface area (Å²) < 4.78 is 7.37. The summed E-state index contributed by atoms with van der Waals surface area (Å²) in [5.74, 6) is 0.0220. The Morgan fingerprint density at radius 3 is 2.48 bits per heavy atom. The number of anilines is 1. The SMILES string of the molecule is NC(=O)[C@H]1CN(C(=O)c2cc(C3CC3)nn2-c2ccccc2)c2ccccc2O1. The zero-order valence-corrected chi connectivity index (χ0v) is 15.7. The van der Waals surface area contributed by atoms with Gasteiger partial charge in [0.1, 0.15) is 11.4 Å². The summed E-state index contributed by atoms with van der Waals surface area (Å²) in [5.41, 5.74) is 8.29. The second-order valence-electron chi connectivity index (χ2n) is 7.37. The number of benzene rings is 2. The highest BCUT2D eigenvalue weighted by molar-refractivity contribution is 6.07. The third-order valence-electron chi connectivity index (χ3n) is 5.28. The number of hydrogen-bond donors (Lipinski definition) is 1. The van der Waals surface area contributed by atoms with Gasteiger partial charge in [0.05, 0.1) is 23.6 Å². The average Bonchev–Trinajstić information content (AvgIpc) is 3.51. The van der Waals surface area contributed by atoms with Gasteiger partial charge in [-0.15, -0.1) is 0 Å². The van der Waals surface area contributed by atoms with E-state index in [4.69, 9.17) is 15.6 Å².